The van der Waals surface area contributed by atoms with E-state index in [1.165, 1.54) is 25.7 Å². The smallest absolute Gasteiger partial charge is 0.308 e. The molecule has 3 rings (SSSR count). The molecule has 0 aromatic rings. The van der Waals surface area contributed by atoms with Crippen molar-refractivity contribution in [3.8, 4) is 0 Å². The Kier molecular flexibility index (Phi) is 4.94. The van der Waals surface area contributed by atoms with Gasteiger partial charge in [0.05, 0.1) is 11.8 Å². The average Bonchev–Trinajstić information content (AvgIpc) is 3.23. The van der Waals surface area contributed by atoms with Gasteiger partial charge >= 0.3 is 11.9 Å². The van der Waals surface area contributed by atoms with E-state index >= 15 is 0 Å². The quantitative estimate of drug-likeness (QED) is 0.692. The lowest BCUT2D eigenvalue weighted by molar-refractivity contribution is -0.161. The molecular formula is C20H32O4. The number of rotatable bonds is 6. The number of fused-ring (bicyclic) bond motifs is 5. The second kappa shape index (κ2) is 6.68. The number of carbonyl (C=O) groups excluding carboxylic acids is 2. The van der Waals surface area contributed by atoms with Crippen LogP contribution in [-0.4, -0.2) is 25.2 Å². The number of esters is 2. The van der Waals surface area contributed by atoms with Gasteiger partial charge in [0, 0.05) is 5.41 Å². The molecule has 3 aliphatic carbocycles. The van der Waals surface area contributed by atoms with Crippen LogP contribution in [-0.2, 0) is 19.1 Å². The average molecular weight is 336 g/mol. The number of hydrogen-bond donors (Lipinski definition) is 0. The van der Waals surface area contributed by atoms with Crippen molar-refractivity contribution >= 4 is 11.9 Å². The maximum atomic E-state index is 12.0. The first-order valence-corrected chi connectivity index (χ1v) is 9.67. The number of carbonyl (C=O) groups is 2. The Morgan fingerprint density at radius 1 is 0.917 bits per heavy atom. The molecule has 4 nitrogen and oxygen atoms in total. The molecule has 3 saturated carbocycles. The van der Waals surface area contributed by atoms with Crippen LogP contribution in [0.5, 0.6) is 0 Å². The van der Waals surface area contributed by atoms with Gasteiger partial charge in [-0.05, 0) is 55.8 Å². The van der Waals surface area contributed by atoms with E-state index in [0.29, 0.717) is 19.1 Å². The Hall–Kier alpha value is -1.06. The van der Waals surface area contributed by atoms with Crippen molar-refractivity contribution in [1.29, 1.82) is 0 Å². The number of ether oxygens (including phenoxy) is 2. The molecule has 24 heavy (non-hydrogen) atoms. The molecule has 4 heteroatoms. The van der Waals surface area contributed by atoms with E-state index in [4.69, 9.17) is 9.47 Å². The maximum absolute atomic E-state index is 12.0. The van der Waals surface area contributed by atoms with E-state index in [-0.39, 0.29) is 29.2 Å². The summed E-state index contributed by atoms with van der Waals surface area (Å²) in [7, 11) is 0. The van der Waals surface area contributed by atoms with Crippen LogP contribution in [0.25, 0.3) is 0 Å². The monoisotopic (exact) mass is 336 g/mol. The molecule has 0 aromatic heterocycles. The molecule has 0 saturated heterocycles. The summed E-state index contributed by atoms with van der Waals surface area (Å²) >= 11 is 0. The Balaban J connectivity index is 1.74. The zero-order valence-electron chi connectivity index (χ0n) is 15.5. The predicted octanol–water partition coefficient (Wildman–Crippen LogP) is 3.83. The first-order valence-electron chi connectivity index (χ1n) is 9.67. The predicted molar refractivity (Wildman–Crippen MR) is 91.1 cm³/mol. The fourth-order valence-electron chi connectivity index (χ4n) is 5.54. The van der Waals surface area contributed by atoms with Crippen molar-refractivity contribution in [3.05, 3.63) is 0 Å². The van der Waals surface area contributed by atoms with Gasteiger partial charge in [0.15, 0.2) is 0 Å². The molecule has 4 atom stereocenters. The molecule has 4 unspecified atom stereocenters. The van der Waals surface area contributed by atoms with Crippen LogP contribution < -0.4 is 0 Å². The molecular weight excluding hydrogens is 304 g/mol. The molecule has 0 heterocycles. The summed E-state index contributed by atoms with van der Waals surface area (Å²) in [6.45, 7) is 8.29. The third kappa shape index (κ3) is 3.09. The van der Waals surface area contributed by atoms with E-state index in [9.17, 15) is 9.59 Å². The first kappa shape index (κ1) is 17.8. The van der Waals surface area contributed by atoms with Crippen LogP contribution in [0, 0.1) is 40.9 Å². The minimum Gasteiger partial charge on any atom is -0.465 e. The van der Waals surface area contributed by atoms with E-state index in [1.54, 1.807) is 0 Å². The fourth-order valence-corrected chi connectivity index (χ4v) is 5.54. The molecule has 0 amide bonds. The lowest BCUT2D eigenvalue weighted by Crippen LogP contribution is -2.42. The van der Waals surface area contributed by atoms with E-state index in [0.717, 1.165) is 24.2 Å². The van der Waals surface area contributed by atoms with Gasteiger partial charge in [0.25, 0.3) is 0 Å². The largest absolute Gasteiger partial charge is 0.465 e. The van der Waals surface area contributed by atoms with Crippen molar-refractivity contribution in [3.63, 3.8) is 0 Å². The Morgan fingerprint density at radius 2 is 1.46 bits per heavy atom. The molecule has 0 spiro atoms. The Labute approximate surface area is 145 Å². The topological polar surface area (TPSA) is 52.6 Å². The van der Waals surface area contributed by atoms with Gasteiger partial charge in [-0.15, -0.1) is 0 Å². The molecule has 0 radical (unpaired) electrons. The molecule has 0 aliphatic heterocycles. The van der Waals surface area contributed by atoms with Crippen LogP contribution in [0.15, 0.2) is 0 Å². The molecule has 0 aromatic carbocycles. The maximum Gasteiger partial charge on any atom is 0.308 e. The SMILES string of the molecule is CC(C)C(=O)OCC1(COC(=O)C(C)C)CCC2C3CCC(C3)C21. The summed E-state index contributed by atoms with van der Waals surface area (Å²) < 4.78 is 11.3. The molecule has 0 N–H and O–H groups in total. The van der Waals surface area contributed by atoms with Gasteiger partial charge in [0.1, 0.15) is 13.2 Å². The van der Waals surface area contributed by atoms with E-state index in [2.05, 4.69) is 0 Å². The van der Waals surface area contributed by atoms with Crippen molar-refractivity contribution in [2.24, 2.45) is 40.9 Å². The highest BCUT2D eigenvalue weighted by Gasteiger charge is 2.60. The van der Waals surface area contributed by atoms with Crippen LogP contribution >= 0.6 is 0 Å². The van der Waals surface area contributed by atoms with Crippen LogP contribution in [0.3, 0.4) is 0 Å². The Morgan fingerprint density at radius 3 is 2.00 bits per heavy atom. The third-order valence-electron chi connectivity index (χ3n) is 6.72. The molecule has 136 valence electrons. The molecule has 3 aliphatic rings. The second-order valence-electron chi connectivity index (χ2n) is 8.95. The zero-order valence-corrected chi connectivity index (χ0v) is 15.5. The minimum atomic E-state index is -0.153. The normalized spacial score (nSPS) is 33.1. The minimum absolute atomic E-state index is 0.113. The highest BCUT2D eigenvalue weighted by molar-refractivity contribution is 5.72. The van der Waals surface area contributed by atoms with Gasteiger partial charge in [-0.25, -0.2) is 0 Å². The lowest BCUT2D eigenvalue weighted by Gasteiger charge is -2.39. The highest BCUT2D eigenvalue weighted by atomic mass is 16.5. The summed E-state index contributed by atoms with van der Waals surface area (Å²) in [6.07, 6.45) is 6.20. The number of hydrogen-bond acceptors (Lipinski definition) is 4. The van der Waals surface area contributed by atoms with Crippen molar-refractivity contribution < 1.29 is 19.1 Å². The zero-order chi connectivity index (χ0) is 17.5. The van der Waals surface area contributed by atoms with Crippen LogP contribution in [0.1, 0.15) is 59.8 Å². The van der Waals surface area contributed by atoms with Gasteiger partial charge in [0.2, 0.25) is 0 Å². The summed E-state index contributed by atoms with van der Waals surface area (Å²) in [6, 6.07) is 0. The van der Waals surface area contributed by atoms with Crippen LogP contribution in [0.4, 0.5) is 0 Å². The van der Waals surface area contributed by atoms with E-state index in [1.807, 2.05) is 27.7 Å². The highest BCUT2D eigenvalue weighted by Crippen LogP contribution is 2.65. The van der Waals surface area contributed by atoms with Gasteiger partial charge in [-0.3, -0.25) is 9.59 Å². The van der Waals surface area contributed by atoms with Gasteiger partial charge in [-0.1, -0.05) is 27.7 Å². The second-order valence-corrected chi connectivity index (χ2v) is 8.95. The summed E-state index contributed by atoms with van der Waals surface area (Å²) in [4.78, 5) is 24.0. The molecule has 2 bridgehead atoms. The van der Waals surface area contributed by atoms with Crippen molar-refractivity contribution in [1.82, 2.24) is 0 Å². The fraction of sp³-hybridized carbons (Fsp3) is 0.900. The van der Waals surface area contributed by atoms with Crippen molar-refractivity contribution in [2.75, 3.05) is 13.2 Å². The van der Waals surface area contributed by atoms with Gasteiger partial charge in [-0.2, -0.15) is 0 Å². The molecule has 3 fully saturated rings. The van der Waals surface area contributed by atoms with E-state index < -0.39 is 0 Å². The Bertz CT molecular complexity index is 472. The summed E-state index contributed by atoms with van der Waals surface area (Å²) in [5.74, 6) is 2.39. The summed E-state index contributed by atoms with van der Waals surface area (Å²) in [5, 5.41) is 0. The lowest BCUT2D eigenvalue weighted by atomic mass is 9.69. The van der Waals surface area contributed by atoms with Crippen LogP contribution in [0.2, 0.25) is 0 Å². The van der Waals surface area contributed by atoms with Gasteiger partial charge < -0.3 is 9.47 Å². The summed E-state index contributed by atoms with van der Waals surface area (Å²) in [5.41, 5.74) is -0.153. The standard InChI is InChI=1S/C20H32O4/c1-12(2)18(21)23-10-20(11-24-19(22)13(3)4)8-7-16-14-5-6-15(9-14)17(16)20/h12-17H,5-11H2,1-4H3. The first-order chi connectivity index (χ1) is 11.3. The van der Waals surface area contributed by atoms with Crippen molar-refractivity contribution in [2.45, 2.75) is 59.8 Å². The third-order valence-corrected chi connectivity index (χ3v) is 6.72.